The average molecular weight is 213 g/mol. The third kappa shape index (κ3) is 1.39. The second kappa shape index (κ2) is 3.48. The number of hydrogen-bond donors (Lipinski definition) is 1. The number of H-pyrrole nitrogens is 1. The Morgan fingerprint density at radius 2 is 2.00 bits per heavy atom. The Kier molecular flexibility index (Phi) is 1.99. The molecule has 0 aliphatic heterocycles. The van der Waals surface area contributed by atoms with Gasteiger partial charge >= 0.3 is 0 Å². The van der Waals surface area contributed by atoms with Crippen LogP contribution in [0.5, 0.6) is 0 Å². The van der Waals surface area contributed by atoms with Crippen molar-refractivity contribution in [2.24, 2.45) is 0 Å². The molecule has 3 rings (SSSR count). The number of hydrogen-bond acceptors (Lipinski definition) is 3. The Hall–Kier alpha value is -2.10. The van der Waals surface area contributed by atoms with Gasteiger partial charge in [0.2, 0.25) is 5.89 Å². The van der Waals surface area contributed by atoms with Crippen molar-refractivity contribution in [2.75, 3.05) is 0 Å². The van der Waals surface area contributed by atoms with Gasteiger partial charge in [-0.2, -0.15) is 9.97 Å². The number of nitrogens with one attached hydrogen (secondary N) is 1. The first-order valence-corrected chi connectivity index (χ1v) is 5.27. The molecule has 2 aromatic heterocycles. The van der Waals surface area contributed by atoms with Crippen molar-refractivity contribution >= 4 is 11.4 Å². The van der Waals surface area contributed by atoms with Crippen molar-refractivity contribution in [3.63, 3.8) is 0 Å². The smallest absolute Gasteiger partial charge is 0.266 e. The second-order valence-electron chi connectivity index (χ2n) is 3.58. The molecule has 1 N–H and O–H groups in total. The molecule has 0 aliphatic rings. The predicted molar refractivity (Wildman–Crippen MR) is 61.0 cm³/mol. The van der Waals surface area contributed by atoms with Gasteiger partial charge in [-0.1, -0.05) is 25.1 Å². The molecule has 1 aromatic carbocycles. The summed E-state index contributed by atoms with van der Waals surface area (Å²) in [4.78, 5) is 11.8. The third-order valence-corrected chi connectivity index (χ3v) is 2.46. The van der Waals surface area contributed by atoms with Gasteiger partial charge < -0.3 is 9.40 Å². The van der Waals surface area contributed by atoms with Crippen molar-refractivity contribution < 1.29 is 4.42 Å². The Balaban J connectivity index is 2.10. The Morgan fingerprint density at radius 1 is 1.19 bits per heavy atom. The summed E-state index contributed by atoms with van der Waals surface area (Å²) in [5.74, 6) is 1.51. The monoisotopic (exact) mass is 213 g/mol. The second-order valence-corrected chi connectivity index (χ2v) is 3.58. The van der Waals surface area contributed by atoms with E-state index in [1.165, 1.54) is 0 Å². The van der Waals surface area contributed by atoms with E-state index < -0.39 is 0 Å². The summed E-state index contributed by atoms with van der Waals surface area (Å²) in [6.45, 7) is 2.04. The van der Waals surface area contributed by atoms with E-state index in [0.29, 0.717) is 11.6 Å². The summed E-state index contributed by atoms with van der Waals surface area (Å²) in [5, 5.41) is 0. The van der Waals surface area contributed by atoms with Crippen LogP contribution in [0.4, 0.5) is 0 Å². The first-order chi connectivity index (χ1) is 7.86. The fourth-order valence-corrected chi connectivity index (χ4v) is 1.63. The highest BCUT2D eigenvalue weighted by molar-refractivity contribution is 5.69. The molecule has 0 atom stereocenters. The number of rotatable bonds is 2. The molecule has 2 heterocycles. The van der Waals surface area contributed by atoms with Crippen molar-refractivity contribution in [3.05, 3.63) is 36.2 Å². The van der Waals surface area contributed by atoms with Crippen LogP contribution in [-0.4, -0.2) is 15.0 Å². The highest BCUT2D eigenvalue weighted by atomic mass is 16.4. The van der Waals surface area contributed by atoms with Crippen LogP contribution in [0.1, 0.15) is 12.7 Å². The summed E-state index contributed by atoms with van der Waals surface area (Å²) < 4.78 is 5.58. The summed E-state index contributed by atoms with van der Waals surface area (Å²) in [5.41, 5.74) is 2.26. The number of oxazole rings is 1. The number of imidazole rings is 1. The molecule has 0 spiro atoms. The van der Waals surface area contributed by atoms with E-state index in [1.54, 1.807) is 0 Å². The first-order valence-electron chi connectivity index (χ1n) is 5.27. The molecular formula is C12H11N3O. The Labute approximate surface area is 92.3 Å². The molecule has 0 aliphatic carbocycles. The molecule has 0 saturated carbocycles. The molecule has 0 bridgehead atoms. The molecule has 4 heteroatoms. The van der Waals surface area contributed by atoms with E-state index in [1.807, 2.05) is 37.3 Å². The number of nitrogens with zero attached hydrogens (tertiary/aromatic N) is 2. The largest absolute Gasteiger partial charge is 0.416 e. The number of aromatic amines is 1. The molecule has 16 heavy (non-hydrogen) atoms. The zero-order chi connectivity index (χ0) is 11.0. The van der Waals surface area contributed by atoms with E-state index in [4.69, 9.17) is 4.42 Å². The van der Waals surface area contributed by atoms with Gasteiger partial charge in [0.25, 0.3) is 5.71 Å². The van der Waals surface area contributed by atoms with E-state index in [0.717, 1.165) is 23.5 Å². The number of aryl methyl sites for hydroxylation is 1. The summed E-state index contributed by atoms with van der Waals surface area (Å²) in [7, 11) is 0. The molecule has 0 saturated heterocycles. The van der Waals surface area contributed by atoms with Crippen LogP contribution in [0.15, 0.2) is 34.7 Å². The SMILES string of the molecule is CCc1nc2oc(-c3ccccc3)nc2[nH]1. The van der Waals surface area contributed by atoms with E-state index >= 15 is 0 Å². The molecular weight excluding hydrogens is 202 g/mol. The molecule has 4 nitrogen and oxygen atoms in total. The number of fused-ring (bicyclic) bond motifs is 1. The number of benzene rings is 1. The van der Waals surface area contributed by atoms with Gasteiger partial charge in [0.15, 0.2) is 5.65 Å². The summed E-state index contributed by atoms with van der Waals surface area (Å²) in [6.07, 6.45) is 0.854. The van der Waals surface area contributed by atoms with E-state index in [-0.39, 0.29) is 0 Å². The standard InChI is InChI=1S/C12H11N3O/c1-2-9-13-10-12(14-9)16-11(15-10)8-6-4-3-5-7-8/h3-7H,2H2,1H3,(H,13,14). The summed E-state index contributed by atoms with van der Waals surface area (Å²) >= 11 is 0. The van der Waals surface area contributed by atoms with Gasteiger partial charge in [-0.15, -0.1) is 0 Å². The van der Waals surface area contributed by atoms with E-state index in [2.05, 4.69) is 15.0 Å². The normalized spacial score (nSPS) is 11.1. The average Bonchev–Trinajstić information content (AvgIpc) is 2.87. The lowest BCUT2D eigenvalue weighted by molar-refractivity contribution is 0.606. The molecule has 0 amide bonds. The molecule has 3 aromatic rings. The van der Waals surface area contributed by atoms with Crippen molar-refractivity contribution in [3.8, 4) is 11.5 Å². The fourth-order valence-electron chi connectivity index (χ4n) is 1.63. The molecule has 0 radical (unpaired) electrons. The Morgan fingerprint density at radius 3 is 2.69 bits per heavy atom. The highest BCUT2D eigenvalue weighted by Gasteiger charge is 2.11. The van der Waals surface area contributed by atoms with Crippen molar-refractivity contribution in [2.45, 2.75) is 13.3 Å². The van der Waals surface area contributed by atoms with Crippen LogP contribution < -0.4 is 0 Å². The topological polar surface area (TPSA) is 54.7 Å². The van der Waals surface area contributed by atoms with Crippen LogP contribution in [0.3, 0.4) is 0 Å². The van der Waals surface area contributed by atoms with Crippen LogP contribution in [-0.2, 0) is 6.42 Å². The lowest BCUT2D eigenvalue weighted by atomic mass is 10.2. The third-order valence-electron chi connectivity index (χ3n) is 2.46. The minimum Gasteiger partial charge on any atom is -0.416 e. The van der Waals surface area contributed by atoms with Gasteiger partial charge in [-0.05, 0) is 12.1 Å². The lowest BCUT2D eigenvalue weighted by Gasteiger charge is -1.92. The van der Waals surface area contributed by atoms with Gasteiger partial charge in [0.1, 0.15) is 5.82 Å². The molecule has 0 fully saturated rings. The molecule has 80 valence electrons. The molecule has 0 unspecified atom stereocenters. The van der Waals surface area contributed by atoms with E-state index in [9.17, 15) is 0 Å². The maximum atomic E-state index is 5.58. The van der Waals surface area contributed by atoms with Gasteiger partial charge in [0, 0.05) is 12.0 Å². The highest BCUT2D eigenvalue weighted by Crippen LogP contribution is 2.22. The van der Waals surface area contributed by atoms with Crippen LogP contribution in [0.25, 0.3) is 22.8 Å². The zero-order valence-electron chi connectivity index (χ0n) is 8.90. The minimum absolute atomic E-state index is 0.579. The number of aromatic nitrogens is 3. The maximum Gasteiger partial charge on any atom is 0.266 e. The van der Waals surface area contributed by atoms with Crippen molar-refractivity contribution in [1.82, 2.24) is 15.0 Å². The quantitative estimate of drug-likeness (QED) is 0.712. The van der Waals surface area contributed by atoms with Crippen LogP contribution in [0.2, 0.25) is 0 Å². The first kappa shape index (κ1) is 9.15. The van der Waals surface area contributed by atoms with Gasteiger partial charge in [0.05, 0.1) is 0 Å². The van der Waals surface area contributed by atoms with Gasteiger partial charge in [-0.25, -0.2) is 0 Å². The van der Waals surface area contributed by atoms with Crippen molar-refractivity contribution in [1.29, 1.82) is 0 Å². The van der Waals surface area contributed by atoms with Crippen LogP contribution in [0, 0.1) is 0 Å². The lowest BCUT2D eigenvalue weighted by Crippen LogP contribution is -1.82. The van der Waals surface area contributed by atoms with Gasteiger partial charge in [-0.3, -0.25) is 0 Å². The summed E-state index contributed by atoms with van der Waals surface area (Å²) in [6, 6.07) is 9.81. The Bertz CT molecular complexity index is 578. The maximum absolute atomic E-state index is 5.58. The fraction of sp³-hybridized carbons (Fsp3) is 0.167. The zero-order valence-corrected chi connectivity index (χ0v) is 8.90. The van der Waals surface area contributed by atoms with Crippen LogP contribution >= 0.6 is 0 Å². The predicted octanol–water partition coefficient (Wildman–Crippen LogP) is 2.78. The minimum atomic E-state index is 0.579.